The number of ether oxygens (including phenoxy) is 1. The third-order valence-electron chi connectivity index (χ3n) is 6.01. The van der Waals surface area contributed by atoms with Gasteiger partial charge in [-0.25, -0.2) is 18.4 Å². The highest BCUT2D eigenvalue weighted by atomic mass is 35.5. The monoisotopic (exact) mass is 480 g/mol. The molecule has 12 heteroatoms. The molecule has 0 saturated carbocycles. The Labute approximate surface area is 191 Å². The molecule has 0 aliphatic carbocycles. The van der Waals surface area contributed by atoms with E-state index in [1.807, 2.05) is 11.5 Å². The Kier molecular flexibility index (Phi) is 6.59. The maximum absolute atomic E-state index is 13.4. The maximum atomic E-state index is 13.4. The quantitative estimate of drug-likeness (QED) is 0.478. The van der Waals surface area contributed by atoms with Crippen molar-refractivity contribution in [3.63, 3.8) is 0 Å². The summed E-state index contributed by atoms with van der Waals surface area (Å²) in [6.45, 7) is 6.53. The van der Waals surface area contributed by atoms with Crippen LogP contribution >= 0.6 is 11.6 Å². The van der Waals surface area contributed by atoms with Crippen LogP contribution in [0.15, 0.2) is 29.2 Å². The van der Waals surface area contributed by atoms with Crippen molar-refractivity contribution in [1.82, 2.24) is 29.9 Å². The molecular weight excluding hydrogens is 456 g/mol. The van der Waals surface area contributed by atoms with Crippen molar-refractivity contribution >= 4 is 21.4 Å². The van der Waals surface area contributed by atoms with Gasteiger partial charge in [0, 0.05) is 36.9 Å². The van der Waals surface area contributed by atoms with Crippen LogP contribution in [0.1, 0.15) is 68.2 Å². The van der Waals surface area contributed by atoms with E-state index in [9.17, 15) is 8.42 Å². The Balaban J connectivity index is 1.64. The Morgan fingerprint density at radius 2 is 1.97 bits per heavy atom. The highest BCUT2D eigenvalue weighted by Crippen LogP contribution is 2.31. The second kappa shape index (κ2) is 9.24. The van der Waals surface area contributed by atoms with E-state index in [0.29, 0.717) is 41.4 Å². The lowest BCUT2D eigenvalue weighted by atomic mass is 10.1. The number of rotatable bonds is 8. The van der Waals surface area contributed by atoms with Gasteiger partial charge in [0.1, 0.15) is 35.2 Å². The minimum atomic E-state index is -3.62. The van der Waals surface area contributed by atoms with E-state index in [1.165, 1.54) is 18.7 Å². The second-order valence-electron chi connectivity index (χ2n) is 8.07. The molecule has 0 aromatic carbocycles. The van der Waals surface area contributed by atoms with Crippen LogP contribution < -0.4 is 0 Å². The fraction of sp³-hybridized carbons (Fsp3) is 0.550. The average molecular weight is 481 g/mol. The van der Waals surface area contributed by atoms with Gasteiger partial charge in [-0.15, -0.1) is 10.2 Å². The Hall–Kier alpha value is -2.37. The summed E-state index contributed by atoms with van der Waals surface area (Å²) in [5.74, 6) is 0.834. The molecule has 4 atom stereocenters. The molecule has 0 spiro atoms. The highest BCUT2D eigenvalue weighted by molar-refractivity contribution is 7.91. The standard InChI is InChI=1S/C20H25ClN6O4S/c1-12(19-22-8-16(21)9-23-19)14(3)32(28,29)11-18-24-25-20(15-4-6-30-10-15)27(18)13(2)17-5-7-31-26-17/h5,7-9,12-15H,4,6,10-11H2,1-3H3/t12-,13-,14-,15+/m0/s1. The third-order valence-corrected chi connectivity index (χ3v) is 8.41. The molecular formula is C20H25ClN6O4S. The lowest BCUT2D eigenvalue weighted by molar-refractivity contribution is 0.192. The van der Waals surface area contributed by atoms with Gasteiger partial charge in [-0.2, -0.15) is 0 Å². The van der Waals surface area contributed by atoms with Crippen molar-refractivity contribution < 1.29 is 17.7 Å². The number of hydrogen-bond donors (Lipinski definition) is 0. The van der Waals surface area contributed by atoms with E-state index in [2.05, 4.69) is 25.3 Å². The fourth-order valence-corrected chi connectivity index (χ4v) is 5.49. The zero-order valence-corrected chi connectivity index (χ0v) is 19.6. The molecule has 1 fully saturated rings. The SMILES string of the molecule is C[C@H](c1ncc(Cl)cn1)[C@H](C)S(=O)(=O)Cc1nnc([C@@H]2CCOC2)n1[C@@H](C)c1ccon1. The number of nitrogens with zero attached hydrogens (tertiary/aromatic N) is 6. The van der Waals surface area contributed by atoms with Crippen molar-refractivity contribution in [2.45, 2.75) is 56.1 Å². The van der Waals surface area contributed by atoms with Gasteiger partial charge in [0.15, 0.2) is 9.84 Å². The van der Waals surface area contributed by atoms with E-state index < -0.39 is 21.0 Å². The van der Waals surface area contributed by atoms with Crippen molar-refractivity contribution in [3.8, 4) is 0 Å². The molecule has 172 valence electrons. The van der Waals surface area contributed by atoms with Crippen LogP contribution in [0.4, 0.5) is 0 Å². The van der Waals surface area contributed by atoms with E-state index in [-0.39, 0.29) is 17.7 Å². The first-order valence-electron chi connectivity index (χ1n) is 10.4. The van der Waals surface area contributed by atoms with Crippen LogP contribution in [-0.4, -0.2) is 56.8 Å². The van der Waals surface area contributed by atoms with Gasteiger partial charge >= 0.3 is 0 Å². The normalized spacial score (nSPS) is 19.7. The number of hydrogen-bond acceptors (Lipinski definition) is 9. The van der Waals surface area contributed by atoms with E-state index in [4.69, 9.17) is 20.9 Å². The van der Waals surface area contributed by atoms with Crippen LogP contribution in [0.3, 0.4) is 0 Å². The summed E-state index contributed by atoms with van der Waals surface area (Å²) < 4.78 is 39.1. The van der Waals surface area contributed by atoms with Crippen LogP contribution in [-0.2, 0) is 20.3 Å². The van der Waals surface area contributed by atoms with Crippen LogP contribution in [0, 0.1) is 0 Å². The second-order valence-corrected chi connectivity index (χ2v) is 10.9. The first kappa shape index (κ1) is 22.8. The van der Waals surface area contributed by atoms with E-state index >= 15 is 0 Å². The summed E-state index contributed by atoms with van der Waals surface area (Å²) in [6, 6.07) is 1.46. The Morgan fingerprint density at radius 3 is 2.59 bits per heavy atom. The number of sulfone groups is 1. The van der Waals surface area contributed by atoms with Gasteiger partial charge in [0.2, 0.25) is 0 Å². The molecule has 1 aliphatic rings. The van der Waals surface area contributed by atoms with Crippen LogP contribution in [0.2, 0.25) is 5.02 Å². The minimum absolute atomic E-state index is 0.0483. The van der Waals surface area contributed by atoms with Gasteiger partial charge < -0.3 is 13.8 Å². The van der Waals surface area contributed by atoms with Gasteiger partial charge in [-0.05, 0) is 20.3 Å². The zero-order chi connectivity index (χ0) is 22.9. The summed E-state index contributed by atoms with van der Waals surface area (Å²) in [5, 5.41) is 12.3. The molecule has 0 radical (unpaired) electrons. The first-order chi connectivity index (χ1) is 15.3. The van der Waals surface area contributed by atoms with Crippen molar-refractivity contribution in [3.05, 3.63) is 52.9 Å². The molecule has 0 unspecified atom stereocenters. The summed E-state index contributed by atoms with van der Waals surface area (Å²) >= 11 is 5.86. The smallest absolute Gasteiger partial charge is 0.160 e. The van der Waals surface area contributed by atoms with Crippen molar-refractivity contribution in [2.24, 2.45) is 0 Å². The summed E-state index contributed by atoms with van der Waals surface area (Å²) in [7, 11) is -3.62. The predicted molar refractivity (Wildman–Crippen MR) is 116 cm³/mol. The van der Waals surface area contributed by atoms with E-state index in [1.54, 1.807) is 19.9 Å². The molecule has 4 rings (SSSR count). The summed E-state index contributed by atoms with van der Waals surface area (Å²) in [5.41, 5.74) is 0.666. The lowest BCUT2D eigenvalue weighted by Crippen LogP contribution is -2.28. The van der Waals surface area contributed by atoms with Crippen LogP contribution in [0.25, 0.3) is 0 Å². The predicted octanol–water partition coefficient (Wildman–Crippen LogP) is 2.93. The van der Waals surface area contributed by atoms with Gasteiger partial charge in [0.05, 0.1) is 22.9 Å². The molecule has 0 amide bonds. The summed E-state index contributed by atoms with van der Waals surface area (Å²) in [6.07, 6.45) is 5.22. The molecule has 3 aromatic heterocycles. The maximum Gasteiger partial charge on any atom is 0.160 e. The molecule has 0 N–H and O–H groups in total. The van der Waals surface area contributed by atoms with E-state index in [0.717, 1.165) is 6.42 Å². The van der Waals surface area contributed by atoms with Crippen LogP contribution in [0.5, 0.6) is 0 Å². The average Bonchev–Trinajstić information content (AvgIpc) is 3.54. The first-order valence-corrected chi connectivity index (χ1v) is 12.5. The van der Waals surface area contributed by atoms with Gasteiger partial charge in [0.25, 0.3) is 0 Å². The Bertz CT molecular complexity index is 1140. The summed E-state index contributed by atoms with van der Waals surface area (Å²) in [4.78, 5) is 8.37. The highest BCUT2D eigenvalue weighted by Gasteiger charge is 2.34. The molecule has 10 nitrogen and oxygen atoms in total. The molecule has 0 bridgehead atoms. The Morgan fingerprint density at radius 1 is 1.22 bits per heavy atom. The largest absolute Gasteiger partial charge is 0.381 e. The van der Waals surface area contributed by atoms with Crippen molar-refractivity contribution in [1.29, 1.82) is 0 Å². The number of halogens is 1. The lowest BCUT2D eigenvalue weighted by Gasteiger charge is -2.21. The molecule has 1 saturated heterocycles. The molecule has 4 heterocycles. The zero-order valence-electron chi connectivity index (χ0n) is 18.0. The topological polar surface area (TPSA) is 126 Å². The van der Waals surface area contributed by atoms with Crippen molar-refractivity contribution in [2.75, 3.05) is 13.2 Å². The van der Waals surface area contributed by atoms with Gasteiger partial charge in [-0.3, -0.25) is 0 Å². The third kappa shape index (κ3) is 4.55. The van der Waals surface area contributed by atoms with Gasteiger partial charge in [-0.1, -0.05) is 23.7 Å². The molecule has 32 heavy (non-hydrogen) atoms. The minimum Gasteiger partial charge on any atom is -0.381 e. The molecule has 3 aromatic rings. The number of aromatic nitrogens is 6. The fourth-order valence-electron chi connectivity index (χ4n) is 3.83. The molecule has 1 aliphatic heterocycles.